The maximum absolute atomic E-state index is 12.0. The van der Waals surface area contributed by atoms with E-state index in [2.05, 4.69) is 17.1 Å². The second-order valence-electron chi connectivity index (χ2n) is 5.85. The Kier molecular flexibility index (Phi) is 6.21. The molecule has 3 N–H and O–H groups in total. The van der Waals surface area contributed by atoms with Crippen molar-refractivity contribution >= 4 is 5.91 Å². The molecule has 4 nitrogen and oxygen atoms in total. The summed E-state index contributed by atoms with van der Waals surface area (Å²) in [7, 11) is 0. The summed E-state index contributed by atoms with van der Waals surface area (Å²) in [5.74, 6) is 0.660. The zero-order valence-corrected chi connectivity index (χ0v) is 12.9. The summed E-state index contributed by atoms with van der Waals surface area (Å²) in [5, 5.41) is 2.98. The van der Waals surface area contributed by atoms with Crippen LogP contribution in [0.3, 0.4) is 0 Å². The summed E-state index contributed by atoms with van der Waals surface area (Å²) in [6.07, 6.45) is 3.55. The van der Waals surface area contributed by atoms with Gasteiger partial charge in [0, 0.05) is 6.54 Å². The van der Waals surface area contributed by atoms with Gasteiger partial charge in [0.25, 0.3) is 0 Å². The first-order valence-corrected chi connectivity index (χ1v) is 8.01. The number of piperidine rings is 1. The molecule has 1 aliphatic rings. The topological polar surface area (TPSA) is 58.4 Å². The average Bonchev–Trinajstić information content (AvgIpc) is 2.55. The molecule has 1 saturated heterocycles. The summed E-state index contributed by atoms with van der Waals surface area (Å²) in [6, 6.07) is 8.97. The van der Waals surface area contributed by atoms with Crippen LogP contribution in [0.5, 0.6) is 0 Å². The first-order chi connectivity index (χ1) is 10.2. The summed E-state index contributed by atoms with van der Waals surface area (Å²) in [5.41, 5.74) is 6.84. The van der Waals surface area contributed by atoms with Crippen molar-refractivity contribution in [2.45, 2.75) is 32.2 Å². The highest BCUT2D eigenvalue weighted by molar-refractivity contribution is 5.82. The number of rotatable bonds is 6. The number of carbonyl (C=O) groups excluding carboxylic acids is 1. The molecular weight excluding hydrogens is 262 g/mol. The predicted octanol–water partition coefficient (Wildman–Crippen LogP) is 1.92. The van der Waals surface area contributed by atoms with Crippen LogP contribution in [0.25, 0.3) is 0 Å². The number of nitrogens with one attached hydrogen (secondary N) is 1. The Morgan fingerprint density at radius 2 is 2.00 bits per heavy atom. The lowest BCUT2D eigenvalue weighted by molar-refractivity contribution is -0.122. The van der Waals surface area contributed by atoms with Crippen molar-refractivity contribution in [2.75, 3.05) is 26.2 Å². The van der Waals surface area contributed by atoms with Gasteiger partial charge in [-0.15, -0.1) is 0 Å². The number of hydrogen-bond acceptors (Lipinski definition) is 3. The molecule has 0 bridgehead atoms. The Hall–Kier alpha value is -1.39. The Labute approximate surface area is 127 Å². The average molecular weight is 289 g/mol. The lowest BCUT2D eigenvalue weighted by Gasteiger charge is -2.31. The highest BCUT2D eigenvalue weighted by Crippen LogP contribution is 2.19. The zero-order chi connectivity index (χ0) is 15.1. The van der Waals surface area contributed by atoms with Crippen molar-refractivity contribution in [1.29, 1.82) is 0 Å². The number of hydrogen-bond donors (Lipinski definition) is 2. The van der Waals surface area contributed by atoms with Crippen molar-refractivity contribution < 1.29 is 4.79 Å². The Balaban J connectivity index is 1.68. The number of likely N-dealkylation sites (tertiary alicyclic amines) is 1. The van der Waals surface area contributed by atoms with Gasteiger partial charge in [-0.2, -0.15) is 0 Å². The van der Waals surface area contributed by atoms with Crippen molar-refractivity contribution in [3.8, 4) is 0 Å². The van der Waals surface area contributed by atoms with Crippen LogP contribution in [0.1, 0.15) is 37.8 Å². The highest BCUT2D eigenvalue weighted by Gasteiger charge is 2.19. The van der Waals surface area contributed by atoms with E-state index in [1.165, 1.54) is 25.9 Å². The third kappa shape index (κ3) is 4.83. The normalized spacial score (nSPS) is 18.4. The molecule has 1 unspecified atom stereocenters. The molecule has 1 aliphatic heterocycles. The van der Waals surface area contributed by atoms with E-state index in [1.807, 2.05) is 30.3 Å². The van der Waals surface area contributed by atoms with Gasteiger partial charge in [0.2, 0.25) is 5.91 Å². The van der Waals surface area contributed by atoms with Crippen molar-refractivity contribution in [2.24, 2.45) is 11.7 Å². The Morgan fingerprint density at radius 3 is 2.62 bits per heavy atom. The molecule has 21 heavy (non-hydrogen) atoms. The fourth-order valence-corrected chi connectivity index (χ4v) is 2.91. The molecule has 1 heterocycles. The van der Waals surface area contributed by atoms with E-state index in [-0.39, 0.29) is 5.91 Å². The minimum atomic E-state index is -0.562. The third-order valence-electron chi connectivity index (χ3n) is 4.45. The first-order valence-electron chi connectivity index (χ1n) is 8.01. The van der Waals surface area contributed by atoms with Gasteiger partial charge < -0.3 is 16.0 Å². The molecule has 1 aromatic carbocycles. The summed E-state index contributed by atoms with van der Waals surface area (Å²) in [6.45, 7) is 6.48. The molecule has 0 spiro atoms. The van der Waals surface area contributed by atoms with Gasteiger partial charge in [0.05, 0.1) is 0 Å². The standard InChI is InChI=1S/C17H27N3O/c1-2-20-12-9-14(10-13-20)8-11-19-17(21)16(18)15-6-4-3-5-7-15/h3-7,14,16H,2,8-13,18H2,1H3,(H,19,21). The van der Waals surface area contributed by atoms with Gasteiger partial charge in [0.1, 0.15) is 6.04 Å². The number of amides is 1. The van der Waals surface area contributed by atoms with E-state index in [4.69, 9.17) is 5.73 Å². The number of carbonyl (C=O) groups is 1. The molecule has 0 saturated carbocycles. The first kappa shape index (κ1) is 16.0. The van der Waals surface area contributed by atoms with Gasteiger partial charge >= 0.3 is 0 Å². The van der Waals surface area contributed by atoms with Crippen LogP contribution in [0.4, 0.5) is 0 Å². The number of benzene rings is 1. The lowest BCUT2D eigenvalue weighted by atomic mass is 9.93. The fraction of sp³-hybridized carbons (Fsp3) is 0.588. The molecule has 4 heteroatoms. The number of nitrogens with zero attached hydrogens (tertiary/aromatic N) is 1. The smallest absolute Gasteiger partial charge is 0.241 e. The van der Waals surface area contributed by atoms with Gasteiger partial charge in [-0.1, -0.05) is 37.3 Å². The molecule has 116 valence electrons. The summed E-state index contributed by atoms with van der Waals surface area (Å²) >= 11 is 0. The summed E-state index contributed by atoms with van der Waals surface area (Å²) < 4.78 is 0. The van der Waals surface area contributed by atoms with Gasteiger partial charge in [-0.25, -0.2) is 0 Å². The predicted molar refractivity (Wildman–Crippen MR) is 85.8 cm³/mol. The second kappa shape index (κ2) is 8.15. The van der Waals surface area contributed by atoms with Crippen LogP contribution >= 0.6 is 0 Å². The van der Waals surface area contributed by atoms with Crippen LogP contribution in [0.15, 0.2) is 30.3 Å². The molecule has 1 aromatic rings. The second-order valence-corrected chi connectivity index (χ2v) is 5.85. The van der Waals surface area contributed by atoms with E-state index < -0.39 is 6.04 Å². The molecule has 1 amide bonds. The van der Waals surface area contributed by atoms with Crippen LogP contribution in [0, 0.1) is 5.92 Å². The van der Waals surface area contributed by atoms with E-state index in [9.17, 15) is 4.79 Å². The molecule has 0 aromatic heterocycles. The summed E-state index contributed by atoms with van der Waals surface area (Å²) in [4.78, 5) is 14.5. The van der Waals surface area contributed by atoms with E-state index in [1.54, 1.807) is 0 Å². The molecule has 0 radical (unpaired) electrons. The van der Waals surface area contributed by atoms with Gasteiger partial charge in [0.15, 0.2) is 0 Å². The van der Waals surface area contributed by atoms with Crippen LogP contribution < -0.4 is 11.1 Å². The minimum Gasteiger partial charge on any atom is -0.354 e. The van der Waals surface area contributed by atoms with Crippen LogP contribution in [0.2, 0.25) is 0 Å². The third-order valence-corrected chi connectivity index (χ3v) is 4.45. The Bertz CT molecular complexity index is 427. The van der Waals surface area contributed by atoms with E-state index in [0.29, 0.717) is 0 Å². The van der Waals surface area contributed by atoms with Crippen molar-refractivity contribution in [3.63, 3.8) is 0 Å². The zero-order valence-electron chi connectivity index (χ0n) is 12.9. The monoisotopic (exact) mass is 289 g/mol. The SMILES string of the molecule is CCN1CCC(CCNC(=O)C(N)c2ccccc2)CC1. The largest absolute Gasteiger partial charge is 0.354 e. The number of nitrogens with two attached hydrogens (primary N) is 1. The molecule has 2 rings (SSSR count). The fourth-order valence-electron chi connectivity index (χ4n) is 2.91. The van der Waals surface area contributed by atoms with E-state index in [0.717, 1.165) is 31.0 Å². The maximum Gasteiger partial charge on any atom is 0.241 e. The molecular formula is C17H27N3O. The van der Waals surface area contributed by atoms with E-state index >= 15 is 0 Å². The maximum atomic E-state index is 12.0. The van der Waals surface area contributed by atoms with Crippen LogP contribution in [-0.2, 0) is 4.79 Å². The highest BCUT2D eigenvalue weighted by atomic mass is 16.2. The minimum absolute atomic E-state index is 0.0767. The molecule has 0 aliphatic carbocycles. The van der Waals surface area contributed by atoms with Gasteiger partial charge in [-0.3, -0.25) is 4.79 Å². The van der Waals surface area contributed by atoms with Crippen LogP contribution in [-0.4, -0.2) is 37.0 Å². The quantitative estimate of drug-likeness (QED) is 0.841. The lowest BCUT2D eigenvalue weighted by Crippen LogP contribution is -2.37. The van der Waals surface area contributed by atoms with Crippen molar-refractivity contribution in [1.82, 2.24) is 10.2 Å². The van der Waals surface area contributed by atoms with Crippen molar-refractivity contribution in [3.05, 3.63) is 35.9 Å². The molecule has 1 atom stereocenters. The molecule has 1 fully saturated rings. The van der Waals surface area contributed by atoms with Gasteiger partial charge in [-0.05, 0) is 50.4 Å². The Morgan fingerprint density at radius 1 is 1.33 bits per heavy atom.